The standard InChI is InChI=1S/C58H39NO/c1-2-10-40(11-3-1)42-24-31-50(32-25-42)59(52-35-28-44(29-36-52)47-30-37-55-48(38-47)23-22-45-12-4-6-14-53(45)55)51-33-26-43(27-34-51)41-18-20-46(21-19-41)54-15-7-8-16-56(54)58-39-49-13-5-9-17-57(49)60-58/h1-39H. The summed E-state index contributed by atoms with van der Waals surface area (Å²) in [5.74, 6) is 0.878. The third-order valence-electron chi connectivity index (χ3n) is 11.7. The second-order valence-corrected chi connectivity index (χ2v) is 15.3. The molecule has 2 nitrogen and oxygen atoms in total. The van der Waals surface area contributed by atoms with Gasteiger partial charge in [0.1, 0.15) is 11.3 Å². The lowest BCUT2D eigenvalue weighted by atomic mass is 9.95. The van der Waals surface area contributed by atoms with Gasteiger partial charge in [-0.1, -0.05) is 182 Å². The molecule has 0 aliphatic heterocycles. The number of rotatable bonds is 8. The first-order valence-electron chi connectivity index (χ1n) is 20.5. The Kier molecular flexibility index (Phi) is 8.87. The molecule has 282 valence electrons. The van der Waals surface area contributed by atoms with Crippen LogP contribution in [0.2, 0.25) is 0 Å². The summed E-state index contributed by atoms with van der Waals surface area (Å²) in [5.41, 5.74) is 14.7. The van der Waals surface area contributed by atoms with Crippen molar-refractivity contribution in [3.63, 3.8) is 0 Å². The molecule has 11 rings (SSSR count). The van der Waals surface area contributed by atoms with E-state index in [2.05, 4.69) is 223 Å². The molecule has 0 amide bonds. The summed E-state index contributed by atoms with van der Waals surface area (Å²) in [6, 6.07) is 84.8. The van der Waals surface area contributed by atoms with E-state index >= 15 is 0 Å². The van der Waals surface area contributed by atoms with Gasteiger partial charge in [0, 0.05) is 28.0 Å². The van der Waals surface area contributed by atoms with Crippen molar-refractivity contribution in [2.24, 2.45) is 0 Å². The Labute approximate surface area is 349 Å². The van der Waals surface area contributed by atoms with Crippen LogP contribution in [0.5, 0.6) is 0 Å². The summed E-state index contributed by atoms with van der Waals surface area (Å²) in [6.45, 7) is 0. The minimum Gasteiger partial charge on any atom is -0.456 e. The van der Waals surface area contributed by atoms with Crippen molar-refractivity contribution in [3.8, 4) is 55.8 Å². The molecule has 0 saturated heterocycles. The largest absolute Gasteiger partial charge is 0.456 e. The molecule has 0 fully saturated rings. The van der Waals surface area contributed by atoms with Crippen molar-refractivity contribution < 1.29 is 4.42 Å². The van der Waals surface area contributed by atoms with Crippen molar-refractivity contribution in [2.75, 3.05) is 4.90 Å². The Bertz CT molecular complexity index is 3240. The average molecular weight is 766 g/mol. The second kappa shape index (κ2) is 15.1. The summed E-state index contributed by atoms with van der Waals surface area (Å²) < 4.78 is 6.28. The van der Waals surface area contributed by atoms with Crippen LogP contribution in [0.4, 0.5) is 17.1 Å². The minimum atomic E-state index is 0.878. The molecule has 11 aromatic rings. The zero-order valence-corrected chi connectivity index (χ0v) is 32.9. The van der Waals surface area contributed by atoms with Crippen LogP contribution >= 0.6 is 0 Å². The normalized spacial score (nSPS) is 11.3. The second-order valence-electron chi connectivity index (χ2n) is 15.3. The molecule has 0 bridgehead atoms. The van der Waals surface area contributed by atoms with Gasteiger partial charge in [-0.25, -0.2) is 0 Å². The lowest BCUT2D eigenvalue weighted by Gasteiger charge is -2.26. The van der Waals surface area contributed by atoms with E-state index in [1.54, 1.807) is 0 Å². The summed E-state index contributed by atoms with van der Waals surface area (Å²) in [5, 5.41) is 6.19. The highest BCUT2D eigenvalue weighted by Gasteiger charge is 2.16. The number of anilines is 3. The number of fused-ring (bicyclic) bond motifs is 4. The maximum atomic E-state index is 6.28. The Morgan fingerprint density at radius 1 is 0.267 bits per heavy atom. The molecule has 60 heavy (non-hydrogen) atoms. The summed E-state index contributed by atoms with van der Waals surface area (Å²) >= 11 is 0. The lowest BCUT2D eigenvalue weighted by molar-refractivity contribution is 0.632. The lowest BCUT2D eigenvalue weighted by Crippen LogP contribution is -2.09. The highest BCUT2D eigenvalue weighted by atomic mass is 16.3. The molecule has 0 N–H and O–H groups in total. The van der Waals surface area contributed by atoms with Crippen molar-refractivity contribution in [2.45, 2.75) is 0 Å². The molecule has 0 saturated carbocycles. The van der Waals surface area contributed by atoms with Crippen LogP contribution in [0.3, 0.4) is 0 Å². The molecule has 0 aliphatic carbocycles. The van der Waals surface area contributed by atoms with Crippen molar-refractivity contribution in [1.29, 1.82) is 0 Å². The molecule has 0 unspecified atom stereocenters. The first kappa shape index (κ1) is 35.2. The number of furan rings is 1. The van der Waals surface area contributed by atoms with Crippen LogP contribution in [0.25, 0.3) is 88.3 Å². The van der Waals surface area contributed by atoms with Gasteiger partial charge in [-0.05, 0) is 121 Å². The SMILES string of the molecule is c1ccc(-c2ccc(N(c3ccc(-c4ccc(-c5ccccc5-c5cc6ccccc6o5)cc4)cc3)c3ccc(-c4ccc5c(ccc6ccccc65)c4)cc3)cc2)cc1. The van der Waals surface area contributed by atoms with E-state index in [0.29, 0.717) is 0 Å². The topological polar surface area (TPSA) is 16.4 Å². The maximum Gasteiger partial charge on any atom is 0.136 e. The van der Waals surface area contributed by atoms with E-state index in [1.165, 1.54) is 43.8 Å². The first-order chi connectivity index (χ1) is 29.7. The Hall–Kier alpha value is -7.94. The number of hydrogen-bond acceptors (Lipinski definition) is 2. The fourth-order valence-electron chi connectivity index (χ4n) is 8.59. The van der Waals surface area contributed by atoms with Crippen LogP contribution in [-0.4, -0.2) is 0 Å². The Balaban J connectivity index is 0.907. The van der Waals surface area contributed by atoms with Gasteiger partial charge in [0.25, 0.3) is 0 Å². The molecule has 0 spiro atoms. The van der Waals surface area contributed by atoms with Gasteiger partial charge in [0.05, 0.1) is 0 Å². The summed E-state index contributed by atoms with van der Waals surface area (Å²) in [7, 11) is 0. The molecular weight excluding hydrogens is 727 g/mol. The summed E-state index contributed by atoms with van der Waals surface area (Å²) in [4.78, 5) is 2.34. The third-order valence-corrected chi connectivity index (χ3v) is 11.7. The number of para-hydroxylation sites is 1. The zero-order chi connectivity index (χ0) is 39.8. The average Bonchev–Trinajstić information content (AvgIpc) is 3.77. The molecular formula is C58H39NO. The van der Waals surface area contributed by atoms with Crippen LogP contribution in [0, 0.1) is 0 Å². The van der Waals surface area contributed by atoms with E-state index in [4.69, 9.17) is 4.42 Å². The fraction of sp³-hybridized carbons (Fsp3) is 0. The van der Waals surface area contributed by atoms with E-state index in [-0.39, 0.29) is 0 Å². The van der Waals surface area contributed by atoms with Crippen molar-refractivity contribution in [1.82, 2.24) is 0 Å². The van der Waals surface area contributed by atoms with E-state index in [1.807, 2.05) is 18.2 Å². The van der Waals surface area contributed by atoms with Gasteiger partial charge in [-0.15, -0.1) is 0 Å². The van der Waals surface area contributed by atoms with Crippen LogP contribution in [-0.2, 0) is 0 Å². The monoisotopic (exact) mass is 765 g/mol. The molecule has 0 atom stereocenters. The van der Waals surface area contributed by atoms with Crippen molar-refractivity contribution >= 4 is 49.6 Å². The molecule has 1 aromatic heterocycles. The minimum absolute atomic E-state index is 0.878. The van der Waals surface area contributed by atoms with E-state index in [0.717, 1.165) is 61.6 Å². The quantitative estimate of drug-likeness (QED) is 0.143. The van der Waals surface area contributed by atoms with E-state index in [9.17, 15) is 0 Å². The predicted molar refractivity (Wildman–Crippen MR) is 253 cm³/mol. The smallest absolute Gasteiger partial charge is 0.136 e. The molecule has 2 heteroatoms. The number of benzene rings is 10. The highest BCUT2D eigenvalue weighted by molar-refractivity contribution is 6.08. The third kappa shape index (κ3) is 6.61. The van der Waals surface area contributed by atoms with Gasteiger partial charge < -0.3 is 9.32 Å². The van der Waals surface area contributed by atoms with Gasteiger partial charge in [0.15, 0.2) is 0 Å². The number of nitrogens with zero attached hydrogens (tertiary/aromatic N) is 1. The number of hydrogen-bond donors (Lipinski definition) is 0. The van der Waals surface area contributed by atoms with Gasteiger partial charge >= 0.3 is 0 Å². The maximum absolute atomic E-state index is 6.28. The molecule has 0 radical (unpaired) electrons. The zero-order valence-electron chi connectivity index (χ0n) is 32.9. The van der Waals surface area contributed by atoms with Crippen LogP contribution in [0.1, 0.15) is 0 Å². The van der Waals surface area contributed by atoms with Crippen LogP contribution < -0.4 is 4.90 Å². The van der Waals surface area contributed by atoms with Gasteiger partial charge in [-0.3, -0.25) is 0 Å². The highest BCUT2D eigenvalue weighted by Crippen LogP contribution is 2.40. The van der Waals surface area contributed by atoms with Gasteiger partial charge in [0.2, 0.25) is 0 Å². The Morgan fingerprint density at radius 3 is 1.37 bits per heavy atom. The predicted octanol–water partition coefficient (Wildman–Crippen LogP) is 16.5. The molecule has 0 aliphatic rings. The molecule has 10 aromatic carbocycles. The summed E-state index contributed by atoms with van der Waals surface area (Å²) in [6.07, 6.45) is 0. The fourth-order valence-corrected chi connectivity index (χ4v) is 8.59. The first-order valence-corrected chi connectivity index (χ1v) is 20.5. The molecule has 1 heterocycles. The van der Waals surface area contributed by atoms with Gasteiger partial charge in [-0.2, -0.15) is 0 Å². The Morgan fingerprint density at radius 2 is 0.717 bits per heavy atom. The van der Waals surface area contributed by atoms with Crippen molar-refractivity contribution in [3.05, 3.63) is 237 Å². The van der Waals surface area contributed by atoms with E-state index < -0.39 is 0 Å². The van der Waals surface area contributed by atoms with Crippen LogP contribution in [0.15, 0.2) is 241 Å².